The average Bonchev–Trinajstić information content (AvgIpc) is 3.16. The van der Waals surface area contributed by atoms with E-state index in [0.717, 1.165) is 0 Å². The van der Waals surface area contributed by atoms with E-state index in [1.165, 1.54) is 0 Å². The Hall–Kier alpha value is -1.06. The molecule has 2 fully saturated rings. The molecule has 0 spiro atoms. The fraction of sp³-hybridized carbons (Fsp3) is 1.00. The number of hydrogen-bond donors (Lipinski definition) is 0. The van der Waals surface area contributed by atoms with Crippen molar-refractivity contribution >= 4 is 14.6 Å². The van der Waals surface area contributed by atoms with Gasteiger partial charge in [-0.05, 0) is 0 Å². The van der Waals surface area contributed by atoms with Gasteiger partial charge in [-0.15, -0.1) is 0 Å². The third-order valence-corrected chi connectivity index (χ3v) is 10.5. The molecule has 0 radical (unpaired) electrons. The molecule has 0 saturated carbocycles. The van der Waals surface area contributed by atoms with Gasteiger partial charge in [-0.2, -0.15) is 0 Å². The Labute approximate surface area is 247 Å². The monoisotopic (exact) mass is 818 g/mol. The van der Waals surface area contributed by atoms with E-state index in [1.54, 1.807) is 0 Å². The van der Waals surface area contributed by atoms with E-state index in [1.807, 2.05) is 0 Å². The van der Waals surface area contributed by atoms with Gasteiger partial charge in [-0.25, -0.2) is 0 Å². The molecule has 48 heavy (non-hydrogen) atoms. The molecule has 2 heterocycles. The van der Waals surface area contributed by atoms with Crippen LogP contribution in [0.4, 0.5) is 105 Å². The van der Waals surface area contributed by atoms with Gasteiger partial charge in [-0.1, -0.05) is 0 Å². The van der Waals surface area contributed by atoms with Gasteiger partial charge in [0, 0.05) is 0 Å². The van der Waals surface area contributed by atoms with Gasteiger partial charge in [0.2, 0.25) is 0 Å². The van der Waals surface area contributed by atoms with Crippen molar-refractivity contribution in [3.63, 3.8) is 0 Å². The molecule has 0 unspecified atom stereocenters. The first-order valence-electron chi connectivity index (χ1n) is 10.9. The van der Waals surface area contributed by atoms with Crippen LogP contribution in [-0.4, -0.2) is 98.5 Å². The van der Waals surface area contributed by atoms with Crippen molar-refractivity contribution in [2.24, 2.45) is 0 Å². The van der Waals surface area contributed by atoms with E-state index in [2.05, 4.69) is 27.4 Å². The van der Waals surface area contributed by atoms with Gasteiger partial charge in [-0.3, -0.25) is 0 Å². The van der Waals surface area contributed by atoms with E-state index >= 15 is 0 Å². The molecule has 0 aromatic rings. The Kier molecular flexibility index (Phi) is 8.87. The molecule has 290 valence electrons. The zero-order chi connectivity index (χ0) is 39.1. The molecule has 0 N–H and O–H groups in total. The maximum absolute atomic E-state index is 13.9. The summed E-state index contributed by atoms with van der Waals surface area (Å²) < 4.78 is 352. The van der Waals surface area contributed by atoms with E-state index < -0.39 is 113 Å². The summed E-state index contributed by atoms with van der Waals surface area (Å²) >= 11 is 0. The van der Waals surface area contributed by atoms with Crippen LogP contribution in [-0.2, 0) is 27.4 Å². The summed E-state index contributed by atoms with van der Waals surface area (Å²) in [5.41, 5.74) is -31.1. The SMILES string of the molecule is CP1(C)(OOP2(C)(C)OC(C(F)(F)F)(C(F)(F)F)C(C(F)(F)F)(C(F)(F)F)O2)OC(C(F)(F)F)(C(F)(F)F)C(C(F)(F)F)(C(F)(F)F)O1. The van der Waals surface area contributed by atoms with Crippen LogP contribution in [0.15, 0.2) is 0 Å². The fourth-order valence-electron chi connectivity index (χ4n) is 4.74. The van der Waals surface area contributed by atoms with Crippen molar-refractivity contribution in [1.29, 1.82) is 0 Å². The Morgan fingerprint density at radius 2 is 0.396 bits per heavy atom. The van der Waals surface area contributed by atoms with E-state index in [0.29, 0.717) is 0 Å². The van der Waals surface area contributed by atoms with Crippen molar-refractivity contribution in [3.8, 4) is 0 Å². The Morgan fingerprint density at radius 3 is 0.479 bits per heavy atom. The summed E-state index contributed by atoms with van der Waals surface area (Å²) in [5, 5.41) is 0. The number of rotatable bonds is 3. The Morgan fingerprint density at radius 1 is 0.292 bits per heavy atom. The molecule has 2 rings (SSSR count). The first-order chi connectivity index (χ1) is 20.1. The standard InChI is InChI=1S/C16H12F24O6P2/c1-47(2,41-5(9(17,18)19,10(20,21)22)6(42-47,11(23,24)25)12(26,27)28)45-46-48(3,4)43-7(13(29,30)31,14(32,33)34)8(44-48,15(35,36)37)16(38,39)40/h1-4H3. The molecule has 0 aromatic heterocycles. The molecule has 0 aromatic carbocycles. The van der Waals surface area contributed by atoms with Gasteiger partial charge < -0.3 is 0 Å². The third-order valence-electron chi connectivity index (χ3n) is 6.21. The zero-order valence-corrected chi connectivity index (χ0v) is 24.2. The normalized spacial score (nSPS) is 28.6. The van der Waals surface area contributed by atoms with Crippen LogP contribution in [0.25, 0.3) is 0 Å². The van der Waals surface area contributed by atoms with Crippen LogP contribution in [0.3, 0.4) is 0 Å². The maximum atomic E-state index is 13.9. The molecule has 2 aliphatic heterocycles. The Bertz CT molecular complexity index is 1030. The summed E-state index contributed by atoms with van der Waals surface area (Å²) in [6.07, 6.45) is -64.1. The van der Waals surface area contributed by atoms with Crippen molar-refractivity contribution in [2.45, 2.75) is 71.8 Å². The molecular weight excluding hydrogens is 806 g/mol. The molecular formula is C16H12F24O6P2. The van der Waals surface area contributed by atoms with E-state index in [9.17, 15) is 105 Å². The van der Waals surface area contributed by atoms with Crippen LogP contribution >= 0.6 is 14.6 Å². The predicted octanol–water partition coefficient (Wildman–Crippen LogP) is 9.60. The second-order valence-electron chi connectivity index (χ2n) is 10.8. The predicted molar refractivity (Wildman–Crippen MR) is 103 cm³/mol. The van der Waals surface area contributed by atoms with Crippen LogP contribution in [0.5, 0.6) is 0 Å². The molecule has 0 atom stereocenters. The minimum absolute atomic E-state index is 0.882. The fourth-order valence-corrected chi connectivity index (χ4v) is 10.9. The van der Waals surface area contributed by atoms with Gasteiger partial charge in [0.05, 0.1) is 0 Å². The van der Waals surface area contributed by atoms with Crippen molar-refractivity contribution in [1.82, 2.24) is 0 Å². The molecule has 2 saturated heterocycles. The van der Waals surface area contributed by atoms with Gasteiger partial charge in [0.25, 0.3) is 0 Å². The van der Waals surface area contributed by atoms with Gasteiger partial charge in [0.15, 0.2) is 0 Å². The molecule has 0 amide bonds. The van der Waals surface area contributed by atoms with Crippen LogP contribution in [0.2, 0.25) is 0 Å². The zero-order valence-electron chi connectivity index (χ0n) is 22.4. The number of halogens is 24. The summed E-state index contributed by atoms with van der Waals surface area (Å²) in [5.74, 6) is 0. The quantitative estimate of drug-likeness (QED) is 0.123. The topological polar surface area (TPSA) is 55.4 Å². The second-order valence-corrected chi connectivity index (χ2v) is 18.8. The van der Waals surface area contributed by atoms with Crippen molar-refractivity contribution < 1.29 is 133 Å². The molecule has 0 bridgehead atoms. The molecule has 6 nitrogen and oxygen atoms in total. The molecule has 32 heteroatoms. The van der Waals surface area contributed by atoms with Gasteiger partial charge >= 0.3 is 246 Å². The van der Waals surface area contributed by atoms with Crippen LogP contribution < -0.4 is 0 Å². The van der Waals surface area contributed by atoms with E-state index in [-0.39, 0.29) is 0 Å². The first-order valence-corrected chi connectivity index (χ1v) is 16.7. The minimum atomic E-state index is -8.11. The van der Waals surface area contributed by atoms with Crippen molar-refractivity contribution in [2.75, 3.05) is 26.7 Å². The van der Waals surface area contributed by atoms with Crippen LogP contribution in [0, 0.1) is 0 Å². The number of hydrogen-bond acceptors (Lipinski definition) is 6. The summed E-state index contributed by atoms with van der Waals surface area (Å²) in [6.45, 7) is -3.53. The molecule has 0 aliphatic carbocycles. The third kappa shape index (κ3) is 5.47. The summed E-state index contributed by atoms with van der Waals surface area (Å²) in [6, 6.07) is 0. The first kappa shape index (κ1) is 43.1. The van der Waals surface area contributed by atoms with Crippen molar-refractivity contribution in [3.05, 3.63) is 0 Å². The van der Waals surface area contributed by atoms with Crippen LogP contribution in [0.1, 0.15) is 0 Å². The summed E-state index contributed by atoms with van der Waals surface area (Å²) in [4.78, 5) is 0. The van der Waals surface area contributed by atoms with E-state index in [4.69, 9.17) is 0 Å². The summed E-state index contributed by atoms with van der Waals surface area (Å²) in [7, 11) is -16.2. The average molecular weight is 818 g/mol. The second kappa shape index (κ2) is 9.87. The van der Waals surface area contributed by atoms with Gasteiger partial charge in [0.1, 0.15) is 0 Å². The molecule has 2 aliphatic rings. The number of alkyl halides is 24. The Balaban J connectivity index is 3.05.